The van der Waals surface area contributed by atoms with Crippen LogP contribution in [-0.4, -0.2) is 45.3 Å². The molecule has 0 N–H and O–H groups in total. The minimum absolute atomic E-state index is 0.241. The number of para-hydroxylation sites is 1. The molecule has 3 aromatic rings. The smallest absolute Gasteiger partial charge is 0.223 e. The lowest BCUT2D eigenvalue weighted by Gasteiger charge is -2.25. The predicted molar refractivity (Wildman–Crippen MR) is 116 cm³/mol. The summed E-state index contributed by atoms with van der Waals surface area (Å²) in [7, 11) is 1.66. The average molecular weight is 405 g/mol. The molecule has 2 heterocycles. The first-order valence-electron chi connectivity index (χ1n) is 10.6. The maximum absolute atomic E-state index is 12.9. The Morgan fingerprint density at radius 1 is 1.13 bits per heavy atom. The molecule has 1 fully saturated rings. The van der Waals surface area contributed by atoms with Crippen LogP contribution in [0.5, 0.6) is 5.75 Å². The lowest BCUT2D eigenvalue weighted by atomic mass is 10.1. The quantitative estimate of drug-likeness (QED) is 0.572. The minimum Gasteiger partial charge on any atom is -0.497 e. The Kier molecular flexibility index (Phi) is 6.42. The van der Waals surface area contributed by atoms with Crippen molar-refractivity contribution in [1.29, 1.82) is 0 Å². The first-order chi connectivity index (χ1) is 14.7. The van der Waals surface area contributed by atoms with Gasteiger partial charge in [-0.1, -0.05) is 30.3 Å². The molecule has 6 heteroatoms. The number of hydrogen-bond acceptors (Lipinski definition) is 4. The Hall–Kier alpha value is -3.15. The van der Waals surface area contributed by atoms with Crippen molar-refractivity contribution in [2.24, 2.45) is 0 Å². The van der Waals surface area contributed by atoms with E-state index in [-0.39, 0.29) is 11.9 Å². The van der Waals surface area contributed by atoms with Gasteiger partial charge in [-0.2, -0.15) is 0 Å². The van der Waals surface area contributed by atoms with Gasteiger partial charge in [0.25, 0.3) is 0 Å². The topological polar surface area (TPSA) is 60.2 Å². The molecule has 1 aliphatic rings. The number of methoxy groups -OCH3 is 1. The third kappa shape index (κ3) is 4.70. The van der Waals surface area contributed by atoms with Gasteiger partial charge in [-0.15, -0.1) is 10.2 Å². The molecule has 1 atom stereocenters. The van der Waals surface area contributed by atoms with E-state index >= 15 is 0 Å². The van der Waals surface area contributed by atoms with Gasteiger partial charge in [0, 0.05) is 31.1 Å². The van der Waals surface area contributed by atoms with Gasteiger partial charge >= 0.3 is 0 Å². The summed E-state index contributed by atoms with van der Waals surface area (Å²) >= 11 is 0. The van der Waals surface area contributed by atoms with Crippen LogP contribution in [0.4, 0.5) is 0 Å². The van der Waals surface area contributed by atoms with Crippen molar-refractivity contribution in [3.05, 3.63) is 72.3 Å². The van der Waals surface area contributed by atoms with E-state index in [1.54, 1.807) is 13.4 Å². The third-order valence-corrected chi connectivity index (χ3v) is 5.81. The molecule has 1 aliphatic heterocycles. The molecule has 0 bridgehead atoms. The van der Waals surface area contributed by atoms with Gasteiger partial charge in [0.05, 0.1) is 7.11 Å². The second-order valence-electron chi connectivity index (χ2n) is 7.73. The standard InChI is InChI=1S/C24H28N4O2/c1-30-22-11-5-7-19(17-22)12-15-24(29)27-16-6-10-21(27)13-14-23-26-25-18-28(23)20-8-3-2-4-9-20/h2-5,7-9,11,17-18,21H,6,10,12-16H2,1H3. The number of nitrogens with zero attached hydrogens (tertiary/aromatic N) is 4. The molecule has 0 saturated carbocycles. The molecule has 4 rings (SSSR count). The molecule has 1 unspecified atom stereocenters. The lowest BCUT2D eigenvalue weighted by molar-refractivity contribution is -0.132. The highest BCUT2D eigenvalue weighted by Gasteiger charge is 2.28. The highest BCUT2D eigenvalue weighted by molar-refractivity contribution is 5.77. The largest absolute Gasteiger partial charge is 0.497 e. The number of carbonyl (C=O) groups is 1. The van der Waals surface area contributed by atoms with Gasteiger partial charge < -0.3 is 9.64 Å². The zero-order valence-electron chi connectivity index (χ0n) is 17.4. The van der Waals surface area contributed by atoms with Crippen molar-refractivity contribution < 1.29 is 9.53 Å². The highest BCUT2D eigenvalue weighted by atomic mass is 16.5. The number of hydrogen-bond donors (Lipinski definition) is 0. The van der Waals surface area contributed by atoms with Crippen LogP contribution in [0.15, 0.2) is 60.9 Å². The normalized spacial score (nSPS) is 16.0. The molecule has 30 heavy (non-hydrogen) atoms. The number of ether oxygens (including phenoxy) is 1. The monoisotopic (exact) mass is 404 g/mol. The third-order valence-electron chi connectivity index (χ3n) is 5.81. The number of likely N-dealkylation sites (tertiary alicyclic amines) is 1. The lowest BCUT2D eigenvalue weighted by Crippen LogP contribution is -2.36. The Morgan fingerprint density at radius 3 is 2.83 bits per heavy atom. The van der Waals surface area contributed by atoms with Crippen LogP contribution >= 0.6 is 0 Å². The minimum atomic E-state index is 0.241. The molecule has 1 amide bonds. The highest BCUT2D eigenvalue weighted by Crippen LogP contribution is 2.24. The zero-order chi connectivity index (χ0) is 20.8. The maximum atomic E-state index is 12.9. The first-order valence-corrected chi connectivity index (χ1v) is 10.6. The van der Waals surface area contributed by atoms with Crippen molar-refractivity contribution >= 4 is 5.91 Å². The molecule has 2 aromatic carbocycles. The second kappa shape index (κ2) is 9.57. The van der Waals surface area contributed by atoms with Crippen molar-refractivity contribution in [3.63, 3.8) is 0 Å². The summed E-state index contributed by atoms with van der Waals surface area (Å²) in [6.07, 6.45) is 6.88. The van der Waals surface area contributed by atoms with Crippen LogP contribution in [-0.2, 0) is 17.6 Å². The number of benzene rings is 2. The van der Waals surface area contributed by atoms with Crippen LogP contribution in [0.25, 0.3) is 5.69 Å². The summed E-state index contributed by atoms with van der Waals surface area (Å²) in [5, 5.41) is 8.41. The number of rotatable bonds is 8. The van der Waals surface area contributed by atoms with Gasteiger partial charge in [0.15, 0.2) is 0 Å². The first kappa shape index (κ1) is 20.1. The van der Waals surface area contributed by atoms with E-state index in [0.29, 0.717) is 6.42 Å². The van der Waals surface area contributed by atoms with Crippen LogP contribution in [0.2, 0.25) is 0 Å². The summed E-state index contributed by atoms with van der Waals surface area (Å²) in [6, 6.07) is 18.4. The van der Waals surface area contributed by atoms with Gasteiger partial charge in [-0.25, -0.2) is 0 Å². The SMILES string of the molecule is COc1cccc(CCC(=O)N2CCCC2CCc2nncn2-c2ccccc2)c1. The van der Waals surface area contributed by atoms with Gasteiger partial charge in [-0.05, 0) is 55.5 Å². The zero-order valence-corrected chi connectivity index (χ0v) is 17.4. The van der Waals surface area contributed by atoms with Gasteiger partial charge in [0.1, 0.15) is 17.9 Å². The summed E-state index contributed by atoms with van der Waals surface area (Å²) < 4.78 is 7.31. The van der Waals surface area contributed by atoms with Crippen LogP contribution in [0, 0.1) is 0 Å². The number of aromatic nitrogens is 3. The van der Waals surface area contributed by atoms with E-state index in [0.717, 1.165) is 61.5 Å². The van der Waals surface area contributed by atoms with Gasteiger partial charge in [0.2, 0.25) is 5.91 Å². The van der Waals surface area contributed by atoms with E-state index in [4.69, 9.17) is 4.74 Å². The Labute approximate surface area is 177 Å². The fraction of sp³-hybridized carbons (Fsp3) is 0.375. The summed E-state index contributed by atoms with van der Waals surface area (Å²) in [5.74, 6) is 2.02. The van der Waals surface area contributed by atoms with E-state index in [1.807, 2.05) is 47.0 Å². The van der Waals surface area contributed by atoms with Crippen LogP contribution < -0.4 is 4.74 Å². The molecule has 0 aliphatic carbocycles. The fourth-order valence-corrected chi connectivity index (χ4v) is 4.22. The molecule has 0 spiro atoms. The molecular weight excluding hydrogens is 376 g/mol. The molecule has 1 aromatic heterocycles. The number of amides is 1. The van der Waals surface area contributed by atoms with E-state index in [2.05, 4.69) is 27.2 Å². The maximum Gasteiger partial charge on any atom is 0.223 e. The summed E-state index contributed by atoms with van der Waals surface area (Å²) in [4.78, 5) is 15.0. The molecular formula is C24H28N4O2. The van der Waals surface area contributed by atoms with Crippen molar-refractivity contribution in [2.45, 2.75) is 44.6 Å². The summed E-state index contributed by atoms with van der Waals surface area (Å²) in [6.45, 7) is 0.854. The van der Waals surface area contributed by atoms with E-state index in [1.165, 1.54) is 0 Å². The molecule has 156 valence electrons. The van der Waals surface area contributed by atoms with E-state index in [9.17, 15) is 4.79 Å². The van der Waals surface area contributed by atoms with E-state index < -0.39 is 0 Å². The fourth-order valence-electron chi connectivity index (χ4n) is 4.22. The predicted octanol–water partition coefficient (Wildman–Crippen LogP) is 3.83. The number of aryl methyl sites for hydroxylation is 2. The van der Waals surface area contributed by atoms with Crippen molar-refractivity contribution in [1.82, 2.24) is 19.7 Å². The molecule has 0 radical (unpaired) electrons. The van der Waals surface area contributed by atoms with Crippen molar-refractivity contribution in [3.8, 4) is 11.4 Å². The van der Waals surface area contributed by atoms with Crippen LogP contribution in [0.1, 0.15) is 37.1 Å². The van der Waals surface area contributed by atoms with Crippen molar-refractivity contribution in [2.75, 3.05) is 13.7 Å². The molecule has 1 saturated heterocycles. The average Bonchev–Trinajstić information content (AvgIpc) is 3.46. The van der Waals surface area contributed by atoms with Gasteiger partial charge in [-0.3, -0.25) is 9.36 Å². The molecule has 6 nitrogen and oxygen atoms in total. The Balaban J connectivity index is 1.34. The summed E-state index contributed by atoms with van der Waals surface area (Å²) in [5.41, 5.74) is 2.20. The Morgan fingerprint density at radius 2 is 2.00 bits per heavy atom. The Bertz CT molecular complexity index is 970. The van der Waals surface area contributed by atoms with Crippen LogP contribution in [0.3, 0.4) is 0 Å². The number of carbonyl (C=O) groups excluding carboxylic acids is 1. The second-order valence-corrected chi connectivity index (χ2v) is 7.73.